The van der Waals surface area contributed by atoms with Gasteiger partial charge in [-0.15, -0.1) is 0 Å². The van der Waals surface area contributed by atoms with Crippen LogP contribution in [0.5, 0.6) is 0 Å². The van der Waals surface area contributed by atoms with Gasteiger partial charge in [0.1, 0.15) is 0 Å². The largest absolute Gasteiger partial charge is 0.347 e. The standard InChI is InChI=1S/C13H15NO2/c15-13-8-4-7-11(16-13)9-12(14-13)10-5-2-1-3-6-10/h1-3,5-6,11,15H,4,7-9H2/t11-,13+/m1/s1. The normalized spacial score (nSPS) is 33.3. The fourth-order valence-corrected chi connectivity index (χ4v) is 2.46. The molecule has 0 unspecified atom stereocenters. The molecule has 0 aromatic heterocycles. The van der Waals surface area contributed by atoms with Crippen LogP contribution < -0.4 is 0 Å². The number of fused-ring (bicyclic) bond motifs is 2. The molecule has 1 N–H and O–H groups in total. The molecule has 3 nitrogen and oxygen atoms in total. The van der Waals surface area contributed by atoms with E-state index in [1.807, 2.05) is 30.3 Å². The first-order valence-corrected chi connectivity index (χ1v) is 5.79. The third-order valence-electron chi connectivity index (χ3n) is 3.22. The fraction of sp³-hybridized carbons (Fsp3) is 0.462. The molecule has 1 aromatic carbocycles. The van der Waals surface area contributed by atoms with Crippen molar-refractivity contribution in [3.63, 3.8) is 0 Å². The summed E-state index contributed by atoms with van der Waals surface area (Å²) in [7, 11) is 0. The van der Waals surface area contributed by atoms with Crippen LogP contribution >= 0.6 is 0 Å². The molecule has 1 fully saturated rings. The van der Waals surface area contributed by atoms with Crippen molar-refractivity contribution in [1.82, 2.24) is 0 Å². The Bertz CT molecular complexity index is 415. The van der Waals surface area contributed by atoms with E-state index in [1.165, 1.54) is 0 Å². The summed E-state index contributed by atoms with van der Waals surface area (Å²) in [5, 5.41) is 10.1. The molecule has 1 aromatic rings. The van der Waals surface area contributed by atoms with Crippen molar-refractivity contribution in [3.05, 3.63) is 35.9 Å². The van der Waals surface area contributed by atoms with Crippen LogP contribution in [0.15, 0.2) is 35.3 Å². The summed E-state index contributed by atoms with van der Waals surface area (Å²) in [4.78, 5) is 4.35. The zero-order chi connectivity index (χ0) is 11.0. The van der Waals surface area contributed by atoms with Crippen LogP contribution in [0.3, 0.4) is 0 Å². The van der Waals surface area contributed by atoms with Crippen LogP contribution in [0, 0.1) is 0 Å². The fourth-order valence-electron chi connectivity index (χ4n) is 2.46. The highest BCUT2D eigenvalue weighted by Gasteiger charge is 2.39. The van der Waals surface area contributed by atoms with E-state index < -0.39 is 5.91 Å². The zero-order valence-electron chi connectivity index (χ0n) is 9.10. The van der Waals surface area contributed by atoms with Gasteiger partial charge in [-0.3, -0.25) is 0 Å². The summed E-state index contributed by atoms with van der Waals surface area (Å²) < 4.78 is 5.53. The molecule has 3 heteroatoms. The van der Waals surface area contributed by atoms with Gasteiger partial charge in [-0.2, -0.15) is 0 Å². The maximum Gasteiger partial charge on any atom is 0.267 e. The van der Waals surface area contributed by atoms with Crippen LogP contribution in [0.1, 0.15) is 31.2 Å². The molecule has 2 bridgehead atoms. The van der Waals surface area contributed by atoms with Crippen LogP contribution in [0.25, 0.3) is 0 Å². The summed E-state index contributed by atoms with van der Waals surface area (Å²) in [6.45, 7) is 0. The van der Waals surface area contributed by atoms with Gasteiger partial charge in [0.2, 0.25) is 0 Å². The second kappa shape index (κ2) is 3.68. The van der Waals surface area contributed by atoms with E-state index in [4.69, 9.17) is 4.74 Å². The van der Waals surface area contributed by atoms with Crippen molar-refractivity contribution in [2.45, 2.75) is 37.7 Å². The summed E-state index contributed by atoms with van der Waals surface area (Å²) >= 11 is 0. The van der Waals surface area contributed by atoms with E-state index in [0.29, 0.717) is 6.42 Å². The lowest BCUT2D eigenvalue weighted by Crippen LogP contribution is -2.44. The number of aliphatic imine (C=N–C) groups is 1. The predicted molar refractivity (Wildman–Crippen MR) is 61.3 cm³/mol. The van der Waals surface area contributed by atoms with Crippen molar-refractivity contribution in [2.24, 2.45) is 4.99 Å². The van der Waals surface area contributed by atoms with Gasteiger partial charge < -0.3 is 9.84 Å². The Morgan fingerprint density at radius 1 is 1.31 bits per heavy atom. The first-order valence-electron chi connectivity index (χ1n) is 5.79. The second-order valence-corrected chi connectivity index (χ2v) is 4.50. The Morgan fingerprint density at radius 2 is 2.12 bits per heavy atom. The Labute approximate surface area is 94.8 Å². The predicted octanol–water partition coefficient (Wildman–Crippen LogP) is 2.09. The topological polar surface area (TPSA) is 41.8 Å². The van der Waals surface area contributed by atoms with Gasteiger partial charge in [0.15, 0.2) is 0 Å². The number of hydrogen-bond acceptors (Lipinski definition) is 3. The molecule has 16 heavy (non-hydrogen) atoms. The van der Waals surface area contributed by atoms with Crippen molar-refractivity contribution >= 4 is 5.71 Å². The highest BCUT2D eigenvalue weighted by atomic mass is 16.6. The van der Waals surface area contributed by atoms with Crippen LogP contribution in [-0.2, 0) is 4.74 Å². The van der Waals surface area contributed by atoms with Crippen LogP contribution in [-0.4, -0.2) is 22.8 Å². The third-order valence-corrected chi connectivity index (χ3v) is 3.22. The number of aliphatic hydroxyl groups is 1. The second-order valence-electron chi connectivity index (χ2n) is 4.50. The zero-order valence-corrected chi connectivity index (χ0v) is 9.10. The maximum absolute atomic E-state index is 10.1. The van der Waals surface area contributed by atoms with Gasteiger partial charge >= 0.3 is 0 Å². The molecule has 2 heterocycles. The van der Waals surface area contributed by atoms with Gasteiger partial charge in [0.05, 0.1) is 11.8 Å². The molecule has 0 aliphatic carbocycles. The Morgan fingerprint density at radius 3 is 2.88 bits per heavy atom. The van der Waals surface area contributed by atoms with E-state index in [0.717, 1.165) is 30.5 Å². The summed E-state index contributed by atoms with van der Waals surface area (Å²) in [5.41, 5.74) is 2.06. The molecule has 0 spiro atoms. The van der Waals surface area contributed by atoms with Crippen molar-refractivity contribution in [3.8, 4) is 0 Å². The van der Waals surface area contributed by atoms with Gasteiger partial charge in [0.25, 0.3) is 5.91 Å². The van der Waals surface area contributed by atoms with E-state index in [2.05, 4.69) is 4.99 Å². The minimum atomic E-state index is -1.26. The number of hydrogen-bond donors (Lipinski definition) is 1. The smallest absolute Gasteiger partial charge is 0.267 e. The van der Waals surface area contributed by atoms with Gasteiger partial charge in [-0.1, -0.05) is 30.3 Å². The van der Waals surface area contributed by atoms with Crippen LogP contribution in [0.2, 0.25) is 0 Å². The molecule has 0 amide bonds. The maximum atomic E-state index is 10.1. The first kappa shape index (κ1) is 10.00. The average Bonchev–Trinajstić information content (AvgIpc) is 2.28. The Kier molecular flexibility index (Phi) is 2.30. The molecule has 84 valence electrons. The lowest BCUT2D eigenvalue weighted by atomic mass is 9.95. The average molecular weight is 217 g/mol. The molecule has 1 saturated heterocycles. The molecule has 0 saturated carbocycles. The van der Waals surface area contributed by atoms with E-state index in [9.17, 15) is 5.11 Å². The minimum absolute atomic E-state index is 0.131. The van der Waals surface area contributed by atoms with Crippen molar-refractivity contribution in [2.75, 3.05) is 0 Å². The number of rotatable bonds is 1. The molecule has 3 rings (SSSR count). The Balaban J connectivity index is 1.97. The van der Waals surface area contributed by atoms with E-state index in [1.54, 1.807) is 0 Å². The minimum Gasteiger partial charge on any atom is -0.347 e. The highest BCUT2D eigenvalue weighted by molar-refractivity contribution is 6.01. The summed E-state index contributed by atoms with van der Waals surface area (Å²) in [5.74, 6) is -1.26. The molecular weight excluding hydrogens is 202 g/mol. The lowest BCUT2D eigenvalue weighted by molar-refractivity contribution is -0.251. The number of ether oxygens (including phenoxy) is 1. The molecule has 2 aliphatic heterocycles. The SMILES string of the molecule is O[C@]12CCC[C@H](CC(c3ccccc3)=N1)O2. The van der Waals surface area contributed by atoms with Crippen LogP contribution in [0.4, 0.5) is 0 Å². The van der Waals surface area contributed by atoms with Gasteiger partial charge in [0, 0.05) is 12.8 Å². The van der Waals surface area contributed by atoms with E-state index >= 15 is 0 Å². The molecular formula is C13H15NO2. The monoisotopic (exact) mass is 217 g/mol. The summed E-state index contributed by atoms with van der Waals surface area (Å²) in [6, 6.07) is 10.0. The first-order chi connectivity index (χ1) is 7.75. The van der Waals surface area contributed by atoms with Gasteiger partial charge in [-0.25, -0.2) is 4.99 Å². The lowest BCUT2D eigenvalue weighted by Gasteiger charge is -2.38. The number of nitrogens with zero attached hydrogens (tertiary/aromatic N) is 1. The van der Waals surface area contributed by atoms with Gasteiger partial charge in [-0.05, 0) is 18.4 Å². The summed E-state index contributed by atoms with van der Waals surface area (Å²) in [6.07, 6.45) is 3.57. The van der Waals surface area contributed by atoms with Crippen molar-refractivity contribution < 1.29 is 9.84 Å². The quantitative estimate of drug-likeness (QED) is 0.782. The number of benzene rings is 1. The third kappa shape index (κ3) is 1.77. The molecule has 2 aliphatic rings. The molecule has 0 radical (unpaired) electrons. The van der Waals surface area contributed by atoms with E-state index in [-0.39, 0.29) is 6.10 Å². The Hall–Kier alpha value is -1.19. The highest BCUT2D eigenvalue weighted by Crippen LogP contribution is 2.34. The molecule has 2 atom stereocenters. The van der Waals surface area contributed by atoms with Crippen molar-refractivity contribution in [1.29, 1.82) is 0 Å².